The molecule has 28 heavy (non-hydrogen) atoms. The number of aromatic amines is 1. The highest BCUT2D eigenvalue weighted by atomic mass is 16.5. The molecule has 0 unspecified atom stereocenters. The highest BCUT2D eigenvalue weighted by molar-refractivity contribution is 5.50. The maximum absolute atomic E-state index is 12.1. The van der Waals surface area contributed by atoms with Gasteiger partial charge in [-0.05, 0) is 45.9 Å². The van der Waals surface area contributed by atoms with Crippen LogP contribution >= 0.6 is 0 Å². The van der Waals surface area contributed by atoms with Gasteiger partial charge in [0.25, 0.3) is 5.56 Å². The van der Waals surface area contributed by atoms with E-state index >= 15 is 0 Å². The second kappa shape index (κ2) is 6.84. The first-order valence-corrected chi connectivity index (χ1v) is 8.80. The summed E-state index contributed by atoms with van der Waals surface area (Å²) in [7, 11) is 0. The lowest BCUT2D eigenvalue weighted by molar-refractivity contribution is 0.385. The van der Waals surface area contributed by atoms with Crippen LogP contribution in [0.3, 0.4) is 0 Å². The van der Waals surface area contributed by atoms with Crippen LogP contribution in [0.15, 0.2) is 33.7 Å². The highest BCUT2D eigenvalue weighted by Crippen LogP contribution is 2.17. The van der Waals surface area contributed by atoms with E-state index in [-0.39, 0.29) is 12.0 Å². The molecular formula is C19H19N7O2. The maximum atomic E-state index is 12.1. The number of pyridine rings is 1. The van der Waals surface area contributed by atoms with Crippen LogP contribution in [0.5, 0.6) is 0 Å². The van der Waals surface area contributed by atoms with E-state index < -0.39 is 0 Å². The Morgan fingerprint density at radius 1 is 1.14 bits per heavy atom. The molecule has 0 aliphatic carbocycles. The molecule has 0 bridgehead atoms. The number of hydrogen-bond donors (Lipinski definition) is 1. The van der Waals surface area contributed by atoms with Gasteiger partial charge < -0.3 is 9.51 Å². The average Bonchev–Trinajstić information content (AvgIpc) is 3.24. The molecule has 4 heterocycles. The lowest BCUT2D eigenvalue weighted by Crippen LogP contribution is -2.18. The first kappa shape index (κ1) is 17.8. The van der Waals surface area contributed by atoms with Crippen LogP contribution in [0.1, 0.15) is 34.4 Å². The summed E-state index contributed by atoms with van der Waals surface area (Å²) < 4.78 is 7.13. The van der Waals surface area contributed by atoms with Crippen LogP contribution in [0.25, 0.3) is 17.2 Å². The Balaban J connectivity index is 1.58. The van der Waals surface area contributed by atoms with Crippen LogP contribution in [0, 0.1) is 27.7 Å². The van der Waals surface area contributed by atoms with Gasteiger partial charge in [-0.15, -0.1) is 0 Å². The fourth-order valence-corrected chi connectivity index (χ4v) is 3.08. The summed E-state index contributed by atoms with van der Waals surface area (Å²) in [4.78, 5) is 27.9. The van der Waals surface area contributed by atoms with Gasteiger partial charge in [0, 0.05) is 17.0 Å². The van der Waals surface area contributed by atoms with E-state index in [4.69, 9.17) is 4.52 Å². The normalized spacial score (nSPS) is 11.1. The number of rotatable bonds is 4. The van der Waals surface area contributed by atoms with Crippen molar-refractivity contribution in [3.8, 4) is 17.2 Å². The number of nitrogens with one attached hydrogen (secondary N) is 1. The van der Waals surface area contributed by atoms with Crippen molar-refractivity contribution in [1.29, 1.82) is 0 Å². The third-order valence-corrected chi connectivity index (χ3v) is 4.37. The van der Waals surface area contributed by atoms with Crippen molar-refractivity contribution in [3.63, 3.8) is 0 Å². The molecule has 9 heteroatoms. The largest absolute Gasteiger partial charge is 0.339 e. The molecule has 4 aromatic heterocycles. The van der Waals surface area contributed by atoms with Crippen molar-refractivity contribution < 1.29 is 4.52 Å². The summed E-state index contributed by atoms with van der Waals surface area (Å²) in [5.74, 6) is 1.27. The van der Waals surface area contributed by atoms with E-state index in [1.54, 1.807) is 20.0 Å². The quantitative estimate of drug-likeness (QED) is 0.580. The van der Waals surface area contributed by atoms with Crippen molar-refractivity contribution in [2.24, 2.45) is 0 Å². The van der Waals surface area contributed by atoms with E-state index in [1.165, 1.54) is 0 Å². The Morgan fingerprint density at radius 3 is 2.61 bits per heavy atom. The first-order valence-electron chi connectivity index (χ1n) is 8.80. The molecule has 1 N–H and O–H groups in total. The van der Waals surface area contributed by atoms with Crippen molar-refractivity contribution >= 4 is 0 Å². The fourth-order valence-electron chi connectivity index (χ4n) is 3.08. The molecule has 4 aromatic rings. The zero-order valence-electron chi connectivity index (χ0n) is 16.0. The third kappa shape index (κ3) is 3.34. The predicted molar refractivity (Wildman–Crippen MR) is 101 cm³/mol. The van der Waals surface area contributed by atoms with Gasteiger partial charge in [0.1, 0.15) is 11.5 Å². The van der Waals surface area contributed by atoms with Gasteiger partial charge in [-0.1, -0.05) is 5.16 Å². The molecule has 0 atom stereocenters. The Hall–Kier alpha value is -3.62. The van der Waals surface area contributed by atoms with E-state index in [1.807, 2.05) is 36.7 Å². The topological polar surface area (TPSA) is 115 Å². The predicted octanol–water partition coefficient (Wildman–Crippen LogP) is 2.23. The van der Waals surface area contributed by atoms with Crippen molar-refractivity contribution in [3.05, 3.63) is 69.1 Å². The molecule has 0 aromatic carbocycles. The van der Waals surface area contributed by atoms with Gasteiger partial charge >= 0.3 is 0 Å². The van der Waals surface area contributed by atoms with Crippen molar-refractivity contribution in [2.45, 2.75) is 34.1 Å². The summed E-state index contributed by atoms with van der Waals surface area (Å²) >= 11 is 0. The van der Waals surface area contributed by atoms with Gasteiger partial charge in [0.2, 0.25) is 11.7 Å². The molecule has 4 rings (SSSR count). The lowest BCUT2D eigenvalue weighted by Gasteiger charge is -2.03. The molecule has 0 radical (unpaired) electrons. The second-order valence-electron chi connectivity index (χ2n) is 6.64. The number of H-pyrrole nitrogens is 1. The van der Waals surface area contributed by atoms with Gasteiger partial charge in [0.15, 0.2) is 0 Å². The molecule has 9 nitrogen and oxygen atoms in total. The summed E-state index contributed by atoms with van der Waals surface area (Å²) in [6, 6.07) is 5.71. The first-order chi connectivity index (χ1) is 13.4. The zero-order valence-corrected chi connectivity index (χ0v) is 16.0. The zero-order chi connectivity index (χ0) is 19.8. The standard InChI is InChI=1S/C19H19N7O2/c1-10-7-11(2)26(24-10)14-5-6-16(20-9-14)18-23-17(28-25-18)8-15-12(3)21-13(4)22-19(15)27/h5-7,9H,8H2,1-4H3,(H,21,22,27). The molecule has 0 aliphatic rings. The molecule has 0 amide bonds. The van der Waals surface area contributed by atoms with Crippen molar-refractivity contribution in [2.75, 3.05) is 0 Å². The SMILES string of the molecule is Cc1cc(C)n(-c2ccc(-c3noc(Cc4c(C)nc(C)[nH]c4=O)n3)nc2)n1. The summed E-state index contributed by atoms with van der Waals surface area (Å²) in [5, 5.41) is 8.42. The van der Waals surface area contributed by atoms with E-state index in [9.17, 15) is 4.79 Å². The molecule has 0 saturated heterocycles. The van der Waals surface area contributed by atoms with Crippen LogP contribution in [0.2, 0.25) is 0 Å². The van der Waals surface area contributed by atoms with Gasteiger partial charge in [-0.3, -0.25) is 9.78 Å². The second-order valence-corrected chi connectivity index (χ2v) is 6.64. The van der Waals surface area contributed by atoms with Crippen LogP contribution in [0.4, 0.5) is 0 Å². The Morgan fingerprint density at radius 2 is 1.96 bits per heavy atom. The maximum Gasteiger partial charge on any atom is 0.254 e. The summed E-state index contributed by atoms with van der Waals surface area (Å²) in [6.07, 6.45) is 1.93. The van der Waals surface area contributed by atoms with Crippen LogP contribution in [-0.4, -0.2) is 34.9 Å². The fraction of sp³-hybridized carbons (Fsp3) is 0.263. The molecule has 0 aliphatic heterocycles. The van der Waals surface area contributed by atoms with E-state index in [0.717, 1.165) is 17.1 Å². The van der Waals surface area contributed by atoms with Crippen molar-refractivity contribution in [1.82, 2.24) is 34.9 Å². The average molecular weight is 377 g/mol. The molecule has 0 spiro atoms. The minimum absolute atomic E-state index is 0.197. The monoisotopic (exact) mass is 377 g/mol. The summed E-state index contributed by atoms with van der Waals surface area (Å²) in [6.45, 7) is 7.46. The van der Waals surface area contributed by atoms with E-state index in [2.05, 4.69) is 30.2 Å². The Kier molecular flexibility index (Phi) is 4.34. The molecule has 0 saturated carbocycles. The lowest BCUT2D eigenvalue weighted by atomic mass is 10.1. The molecule has 142 valence electrons. The number of aryl methyl sites for hydroxylation is 4. The van der Waals surface area contributed by atoms with Gasteiger partial charge in [0.05, 0.1) is 24.0 Å². The number of hydrogen-bond acceptors (Lipinski definition) is 7. The smallest absolute Gasteiger partial charge is 0.254 e. The Labute approximate surface area is 160 Å². The minimum Gasteiger partial charge on any atom is -0.339 e. The summed E-state index contributed by atoms with van der Waals surface area (Å²) in [5.41, 5.74) is 4.36. The molecular weight excluding hydrogens is 358 g/mol. The Bertz CT molecular complexity index is 1200. The van der Waals surface area contributed by atoms with Crippen LogP contribution in [-0.2, 0) is 6.42 Å². The van der Waals surface area contributed by atoms with Gasteiger partial charge in [-0.25, -0.2) is 9.67 Å². The number of nitrogens with zero attached hydrogens (tertiary/aromatic N) is 6. The molecule has 0 fully saturated rings. The third-order valence-electron chi connectivity index (χ3n) is 4.37. The van der Waals surface area contributed by atoms with Crippen LogP contribution < -0.4 is 5.56 Å². The number of aromatic nitrogens is 7. The van der Waals surface area contributed by atoms with Gasteiger partial charge in [-0.2, -0.15) is 10.1 Å². The highest BCUT2D eigenvalue weighted by Gasteiger charge is 2.15. The minimum atomic E-state index is -0.197. The van der Waals surface area contributed by atoms with E-state index in [0.29, 0.717) is 34.5 Å².